The Balaban J connectivity index is 2.81. The number of rotatable bonds is 1. The van der Waals surface area contributed by atoms with Crippen LogP contribution in [0.4, 0.5) is 4.39 Å². The molecule has 0 aromatic carbocycles. The van der Waals surface area contributed by atoms with Crippen molar-refractivity contribution in [1.29, 1.82) is 0 Å². The van der Waals surface area contributed by atoms with Crippen LogP contribution in [0, 0.1) is 0 Å². The van der Waals surface area contributed by atoms with Gasteiger partial charge >= 0.3 is 0 Å². The molecule has 11 heavy (non-hydrogen) atoms. The van der Waals surface area contributed by atoms with Crippen molar-refractivity contribution >= 4 is 19.7 Å². The molecule has 0 spiro atoms. The molecule has 0 aromatic rings. The third-order valence-electron chi connectivity index (χ3n) is 1.68. The van der Waals surface area contributed by atoms with Gasteiger partial charge in [0.05, 0.1) is 13.2 Å². The van der Waals surface area contributed by atoms with Gasteiger partial charge in [-0.05, 0) is 0 Å². The molecule has 0 amide bonds. The molecule has 66 valence electrons. The maximum absolute atomic E-state index is 13.3. The van der Waals surface area contributed by atoms with Gasteiger partial charge in [0.15, 0.2) is 0 Å². The zero-order chi connectivity index (χ0) is 8.54. The fourth-order valence-corrected chi connectivity index (χ4v) is 2.04. The Morgan fingerprint density at radius 1 is 1.36 bits per heavy atom. The van der Waals surface area contributed by atoms with Gasteiger partial charge in [0.1, 0.15) is 0 Å². The topological polar surface area (TPSA) is 43.4 Å². The first-order valence-corrected chi connectivity index (χ1v) is 5.47. The van der Waals surface area contributed by atoms with Gasteiger partial charge in [-0.3, -0.25) is 0 Å². The summed E-state index contributed by atoms with van der Waals surface area (Å²) in [6, 6.07) is 0. The molecule has 0 radical (unpaired) electrons. The lowest BCUT2D eigenvalue weighted by atomic mass is 10.2. The van der Waals surface area contributed by atoms with E-state index in [0.29, 0.717) is 0 Å². The smallest absolute Gasteiger partial charge is 0.267 e. The molecule has 1 heterocycles. The van der Waals surface area contributed by atoms with Crippen LogP contribution in [0.15, 0.2) is 0 Å². The van der Waals surface area contributed by atoms with E-state index in [2.05, 4.69) is 0 Å². The second kappa shape index (κ2) is 2.88. The molecule has 0 N–H and O–H groups in total. The lowest BCUT2D eigenvalue weighted by Crippen LogP contribution is -2.36. The highest BCUT2D eigenvalue weighted by Gasteiger charge is 2.44. The van der Waals surface area contributed by atoms with Gasteiger partial charge in [0, 0.05) is 23.5 Å². The van der Waals surface area contributed by atoms with Crippen LogP contribution >= 0.6 is 10.7 Å². The minimum atomic E-state index is -4.10. The molecule has 0 saturated carbocycles. The van der Waals surface area contributed by atoms with Crippen molar-refractivity contribution in [2.45, 2.75) is 17.8 Å². The molecule has 0 atom stereocenters. The van der Waals surface area contributed by atoms with E-state index in [9.17, 15) is 12.8 Å². The quantitative estimate of drug-likeness (QED) is 0.597. The van der Waals surface area contributed by atoms with Crippen LogP contribution in [0.1, 0.15) is 12.8 Å². The van der Waals surface area contributed by atoms with Crippen molar-refractivity contribution in [1.82, 2.24) is 0 Å². The summed E-state index contributed by atoms with van der Waals surface area (Å²) in [5.74, 6) is 0. The predicted molar refractivity (Wildman–Crippen MR) is 38.7 cm³/mol. The lowest BCUT2D eigenvalue weighted by Gasteiger charge is -2.25. The van der Waals surface area contributed by atoms with E-state index >= 15 is 0 Å². The predicted octanol–water partition coefficient (Wildman–Crippen LogP) is 1.03. The maximum Gasteiger partial charge on any atom is 0.267 e. The largest absolute Gasteiger partial charge is 0.381 e. The van der Waals surface area contributed by atoms with E-state index in [-0.39, 0.29) is 26.1 Å². The summed E-state index contributed by atoms with van der Waals surface area (Å²) in [5, 5.41) is -2.27. The molecule has 1 rings (SSSR count). The summed E-state index contributed by atoms with van der Waals surface area (Å²) in [5.41, 5.74) is 0. The second-order valence-electron chi connectivity index (χ2n) is 2.43. The molecule has 1 aliphatic rings. The van der Waals surface area contributed by atoms with Crippen LogP contribution in [0.2, 0.25) is 0 Å². The van der Waals surface area contributed by atoms with Crippen LogP contribution in [0.3, 0.4) is 0 Å². The Hall–Kier alpha value is 0.130. The Kier molecular flexibility index (Phi) is 2.41. The average Bonchev–Trinajstić information content (AvgIpc) is 1.87. The molecule has 0 aliphatic carbocycles. The van der Waals surface area contributed by atoms with Crippen molar-refractivity contribution in [3.8, 4) is 0 Å². The third-order valence-corrected chi connectivity index (χ3v) is 3.79. The van der Waals surface area contributed by atoms with Crippen molar-refractivity contribution in [2.75, 3.05) is 13.2 Å². The minimum Gasteiger partial charge on any atom is -0.381 e. The summed E-state index contributed by atoms with van der Waals surface area (Å²) in [6.45, 7) is 0.227. The van der Waals surface area contributed by atoms with Gasteiger partial charge in [-0.25, -0.2) is 12.8 Å². The molecule has 6 heteroatoms. The fourth-order valence-electron chi connectivity index (χ4n) is 0.920. The molecule has 3 nitrogen and oxygen atoms in total. The molecule has 1 aliphatic heterocycles. The van der Waals surface area contributed by atoms with E-state index in [1.807, 2.05) is 0 Å². The normalized spacial score (nSPS) is 24.9. The fraction of sp³-hybridized carbons (Fsp3) is 1.00. The van der Waals surface area contributed by atoms with Gasteiger partial charge in [0.2, 0.25) is 5.00 Å². The maximum atomic E-state index is 13.3. The van der Waals surface area contributed by atoms with Crippen molar-refractivity contribution < 1.29 is 17.5 Å². The van der Waals surface area contributed by atoms with Gasteiger partial charge in [-0.2, -0.15) is 0 Å². The van der Waals surface area contributed by atoms with Gasteiger partial charge < -0.3 is 4.74 Å². The zero-order valence-corrected chi connectivity index (χ0v) is 7.29. The summed E-state index contributed by atoms with van der Waals surface area (Å²) in [7, 11) is 0.795. The van der Waals surface area contributed by atoms with Crippen LogP contribution in [0.25, 0.3) is 0 Å². The number of ether oxygens (including phenoxy) is 1. The monoisotopic (exact) mass is 202 g/mol. The Bertz CT molecular complexity index is 232. The van der Waals surface area contributed by atoms with Crippen LogP contribution in [-0.2, 0) is 13.8 Å². The second-order valence-corrected chi connectivity index (χ2v) is 5.26. The molecule has 0 unspecified atom stereocenters. The first kappa shape index (κ1) is 9.22. The summed E-state index contributed by atoms with van der Waals surface area (Å²) >= 11 is 0. The zero-order valence-electron chi connectivity index (χ0n) is 5.72. The van der Waals surface area contributed by atoms with Crippen molar-refractivity contribution in [3.05, 3.63) is 0 Å². The van der Waals surface area contributed by atoms with Gasteiger partial charge in [0.25, 0.3) is 9.05 Å². The summed E-state index contributed by atoms with van der Waals surface area (Å²) in [4.78, 5) is 0. The van der Waals surface area contributed by atoms with Gasteiger partial charge in [-0.15, -0.1) is 0 Å². The van der Waals surface area contributed by atoms with Crippen LogP contribution < -0.4 is 0 Å². The van der Waals surface area contributed by atoms with E-state index in [1.165, 1.54) is 0 Å². The first-order valence-electron chi connectivity index (χ1n) is 3.17. The average molecular weight is 203 g/mol. The molecular formula is C5H8ClFO3S. The molecule has 1 fully saturated rings. The van der Waals surface area contributed by atoms with E-state index in [0.717, 1.165) is 0 Å². The first-order chi connectivity index (χ1) is 4.96. The number of alkyl halides is 1. The number of halogens is 2. The Labute approximate surface area is 68.9 Å². The summed E-state index contributed by atoms with van der Waals surface area (Å²) < 4.78 is 39.4. The lowest BCUT2D eigenvalue weighted by molar-refractivity contribution is 0.0334. The molecule has 0 aromatic heterocycles. The van der Waals surface area contributed by atoms with Crippen molar-refractivity contribution in [2.24, 2.45) is 0 Å². The summed E-state index contributed by atoms with van der Waals surface area (Å²) in [6.07, 6.45) is -0.336. The third kappa shape index (κ3) is 1.83. The highest BCUT2D eigenvalue weighted by atomic mass is 35.7. The number of hydrogen-bond acceptors (Lipinski definition) is 3. The Morgan fingerprint density at radius 2 is 1.82 bits per heavy atom. The molecule has 0 bridgehead atoms. The van der Waals surface area contributed by atoms with Crippen molar-refractivity contribution in [3.63, 3.8) is 0 Å². The highest BCUT2D eigenvalue weighted by molar-refractivity contribution is 8.14. The van der Waals surface area contributed by atoms with Gasteiger partial charge in [-0.1, -0.05) is 0 Å². The van der Waals surface area contributed by atoms with Crippen LogP contribution in [-0.4, -0.2) is 26.6 Å². The SMILES string of the molecule is O=S(=O)(Cl)C1(F)CCOCC1. The Morgan fingerprint density at radius 3 is 2.09 bits per heavy atom. The molecule has 1 saturated heterocycles. The van der Waals surface area contributed by atoms with E-state index in [1.54, 1.807) is 0 Å². The van der Waals surface area contributed by atoms with E-state index < -0.39 is 14.1 Å². The van der Waals surface area contributed by atoms with Crippen LogP contribution in [0.5, 0.6) is 0 Å². The standard InChI is InChI=1S/C5H8ClFO3S/c6-11(8,9)5(7)1-3-10-4-2-5/h1-4H2. The number of hydrogen-bond donors (Lipinski definition) is 0. The highest BCUT2D eigenvalue weighted by Crippen LogP contribution is 2.33. The van der Waals surface area contributed by atoms with E-state index in [4.69, 9.17) is 15.4 Å². The molecular weight excluding hydrogens is 195 g/mol. The minimum absolute atomic E-state index is 0.114.